The molecule has 1 amide bonds. The van der Waals surface area contributed by atoms with Crippen molar-refractivity contribution < 1.29 is 19.8 Å². The second kappa shape index (κ2) is 4.72. The molecule has 0 aromatic carbocycles. The third-order valence-corrected chi connectivity index (χ3v) is 4.30. The van der Waals surface area contributed by atoms with Crippen molar-refractivity contribution in [2.75, 3.05) is 13.7 Å². The van der Waals surface area contributed by atoms with Crippen LogP contribution in [-0.4, -0.2) is 46.7 Å². The van der Waals surface area contributed by atoms with Crippen LogP contribution in [0.5, 0.6) is 0 Å². The van der Waals surface area contributed by atoms with Crippen LogP contribution in [0.3, 0.4) is 0 Å². The molecule has 0 saturated heterocycles. The van der Waals surface area contributed by atoms with Gasteiger partial charge in [-0.1, -0.05) is 12.2 Å². The van der Waals surface area contributed by atoms with Gasteiger partial charge in [0.05, 0.1) is 24.5 Å². The van der Waals surface area contributed by atoms with Crippen LogP contribution < -0.4 is 0 Å². The smallest absolute Gasteiger partial charge is 0.307 e. The molecule has 0 spiro atoms. The molecular formula is C13H19NO4. The molecule has 0 aromatic heterocycles. The number of hydrogen-bond donors (Lipinski definition) is 2. The van der Waals surface area contributed by atoms with E-state index in [-0.39, 0.29) is 30.4 Å². The Balaban J connectivity index is 2.19. The Kier molecular flexibility index (Phi) is 3.43. The van der Waals surface area contributed by atoms with E-state index in [1.54, 1.807) is 14.0 Å². The van der Waals surface area contributed by atoms with Crippen LogP contribution in [0, 0.1) is 23.7 Å². The summed E-state index contributed by atoms with van der Waals surface area (Å²) in [6.07, 6.45) is 4.64. The third kappa shape index (κ3) is 1.92. The van der Waals surface area contributed by atoms with Gasteiger partial charge in [0, 0.05) is 7.05 Å². The van der Waals surface area contributed by atoms with Gasteiger partial charge < -0.3 is 15.1 Å². The number of carbonyl (C=O) groups is 2. The van der Waals surface area contributed by atoms with E-state index >= 15 is 0 Å². The lowest BCUT2D eigenvalue weighted by atomic mass is 9.82. The highest BCUT2D eigenvalue weighted by atomic mass is 16.4. The zero-order valence-electron chi connectivity index (χ0n) is 10.6. The minimum absolute atomic E-state index is 0.0146. The standard InChI is InChI=1S/C13H19NO4/c1-7(6-15)14(2)12(16)10-8-3-4-9(5-8)11(10)13(17)18/h3-4,7-11,15H,5-6H2,1-2H3,(H,17,18)/t7?,8?,9?,10-,11+/m0/s1. The van der Waals surface area contributed by atoms with Gasteiger partial charge in [-0.25, -0.2) is 0 Å². The van der Waals surface area contributed by atoms with Crippen molar-refractivity contribution >= 4 is 11.9 Å². The number of amides is 1. The number of hydrogen-bond acceptors (Lipinski definition) is 3. The van der Waals surface area contributed by atoms with Crippen molar-refractivity contribution in [3.63, 3.8) is 0 Å². The van der Waals surface area contributed by atoms with Crippen LogP contribution >= 0.6 is 0 Å². The van der Waals surface area contributed by atoms with Crippen LogP contribution in [0.4, 0.5) is 0 Å². The molecular weight excluding hydrogens is 234 g/mol. The lowest BCUT2D eigenvalue weighted by Gasteiger charge is -2.31. The molecule has 5 heteroatoms. The molecule has 1 fully saturated rings. The second-order valence-corrected chi connectivity index (χ2v) is 5.32. The quantitative estimate of drug-likeness (QED) is 0.709. The average molecular weight is 253 g/mol. The number of nitrogens with zero attached hydrogens (tertiary/aromatic N) is 1. The molecule has 2 N–H and O–H groups in total. The molecule has 2 bridgehead atoms. The van der Waals surface area contributed by atoms with Gasteiger partial charge in [-0.3, -0.25) is 9.59 Å². The maximum atomic E-state index is 12.4. The van der Waals surface area contributed by atoms with Crippen molar-refractivity contribution in [1.82, 2.24) is 4.90 Å². The third-order valence-electron chi connectivity index (χ3n) is 4.30. The van der Waals surface area contributed by atoms with Gasteiger partial charge in [0.1, 0.15) is 0 Å². The van der Waals surface area contributed by atoms with E-state index in [1.807, 2.05) is 12.2 Å². The fourth-order valence-corrected chi connectivity index (χ4v) is 3.07. The maximum Gasteiger partial charge on any atom is 0.307 e. The highest BCUT2D eigenvalue weighted by molar-refractivity contribution is 5.87. The van der Waals surface area contributed by atoms with Crippen LogP contribution in [0.1, 0.15) is 13.3 Å². The van der Waals surface area contributed by atoms with E-state index in [9.17, 15) is 14.7 Å². The van der Waals surface area contributed by atoms with Crippen LogP contribution in [-0.2, 0) is 9.59 Å². The monoisotopic (exact) mass is 253 g/mol. The van der Waals surface area contributed by atoms with Gasteiger partial charge in [-0.15, -0.1) is 0 Å². The fourth-order valence-electron chi connectivity index (χ4n) is 3.07. The lowest BCUT2D eigenvalue weighted by Crippen LogP contribution is -2.45. The molecule has 18 heavy (non-hydrogen) atoms. The first-order valence-corrected chi connectivity index (χ1v) is 6.26. The summed E-state index contributed by atoms with van der Waals surface area (Å²) in [6.45, 7) is 1.63. The minimum Gasteiger partial charge on any atom is -0.481 e. The number of rotatable bonds is 4. The van der Waals surface area contributed by atoms with Gasteiger partial charge >= 0.3 is 5.97 Å². The number of carboxylic acids is 1. The summed E-state index contributed by atoms with van der Waals surface area (Å²) in [6, 6.07) is -0.282. The predicted octanol–water partition coefficient (Wildman–Crippen LogP) is 0.348. The highest BCUT2D eigenvalue weighted by Gasteiger charge is 2.52. The zero-order valence-corrected chi connectivity index (χ0v) is 10.6. The van der Waals surface area contributed by atoms with Gasteiger partial charge in [0.15, 0.2) is 0 Å². The van der Waals surface area contributed by atoms with Crippen molar-refractivity contribution in [3.8, 4) is 0 Å². The Hall–Kier alpha value is -1.36. The number of carbonyl (C=O) groups excluding carboxylic acids is 1. The molecule has 0 aromatic rings. The molecule has 2 aliphatic carbocycles. The predicted molar refractivity (Wildman–Crippen MR) is 64.7 cm³/mol. The molecule has 0 aliphatic heterocycles. The van der Waals surface area contributed by atoms with Crippen molar-refractivity contribution in [2.24, 2.45) is 23.7 Å². The molecule has 100 valence electrons. The lowest BCUT2D eigenvalue weighted by molar-refractivity contribution is -0.151. The van der Waals surface area contributed by atoms with Crippen LogP contribution in [0.2, 0.25) is 0 Å². The normalized spacial score (nSPS) is 34.6. The second-order valence-electron chi connectivity index (χ2n) is 5.32. The number of allylic oxidation sites excluding steroid dienone is 2. The van der Waals surface area contributed by atoms with Gasteiger partial charge in [-0.05, 0) is 25.2 Å². The van der Waals surface area contributed by atoms with E-state index in [2.05, 4.69) is 0 Å². The topological polar surface area (TPSA) is 77.8 Å². The molecule has 5 nitrogen and oxygen atoms in total. The van der Waals surface area contributed by atoms with E-state index < -0.39 is 17.8 Å². The molecule has 0 radical (unpaired) electrons. The zero-order chi connectivity index (χ0) is 13.4. The molecule has 0 heterocycles. The Morgan fingerprint density at radius 3 is 2.39 bits per heavy atom. The number of carboxylic acid groups (broad SMARTS) is 1. The molecule has 1 saturated carbocycles. The Labute approximate surface area is 106 Å². The van der Waals surface area contributed by atoms with E-state index in [4.69, 9.17) is 5.11 Å². The first-order valence-electron chi connectivity index (χ1n) is 6.26. The van der Waals surface area contributed by atoms with Gasteiger partial charge in [0.25, 0.3) is 0 Å². The summed E-state index contributed by atoms with van der Waals surface area (Å²) >= 11 is 0. The number of fused-ring (bicyclic) bond motifs is 2. The fraction of sp³-hybridized carbons (Fsp3) is 0.692. The molecule has 3 unspecified atom stereocenters. The number of aliphatic hydroxyl groups excluding tert-OH is 1. The van der Waals surface area contributed by atoms with E-state index in [0.29, 0.717) is 0 Å². The number of aliphatic carboxylic acids is 1. The summed E-state index contributed by atoms with van der Waals surface area (Å²) in [5, 5.41) is 18.4. The molecule has 5 atom stereocenters. The average Bonchev–Trinajstić information content (AvgIpc) is 2.95. The van der Waals surface area contributed by atoms with Crippen molar-refractivity contribution in [2.45, 2.75) is 19.4 Å². The Morgan fingerprint density at radius 1 is 1.33 bits per heavy atom. The van der Waals surface area contributed by atoms with Crippen molar-refractivity contribution in [3.05, 3.63) is 12.2 Å². The summed E-state index contributed by atoms with van der Waals surface area (Å²) in [4.78, 5) is 25.1. The molecule has 2 rings (SSSR count). The Morgan fingerprint density at radius 2 is 1.89 bits per heavy atom. The number of aliphatic hydroxyl groups is 1. The largest absolute Gasteiger partial charge is 0.481 e. The van der Waals surface area contributed by atoms with Crippen LogP contribution in [0.15, 0.2) is 12.2 Å². The first-order chi connectivity index (χ1) is 8.47. The summed E-state index contributed by atoms with van der Waals surface area (Å²) in [5.41, 5.74) is 0. The van der Waals surface area contributed by atoms with Gasteiger partial charge in [-0.2, -0.15) is 0 Å². The minimum atomic E-state index is -0.893. The maximum absolute atomic E-state index is 12.4. The first kappa shape index (κ1) is 13.1. The Bertz CT molecular complexity index is 392. The van der Waals surface area contributed by atoms with E-state index in [1.165, 1.54) is 4.90 Å². The van der Waals surface area contributed by atoms with Gasteiger partial charge in [0.2, 0.25) is 5.91 Å². The van der Waals surface area contributed by atoms with Crippen molar-refractivity contribution in [1.29, 1.82) is 0 Å². The summed E-state index contributed by atoms with van der Waals surface area (Å²) in [7, 11) is 1.62. The number of likely N-dealkylation sites (N-methyl/N-ethyl adjacent to an activating group) is 1. The highest BCUT2D eigenvalue weighted by Crippen LogP contribution is 2.48. The summed E-state index contributed by atoms with van der Waals surface area (Å²) in [5.74, 6) is -2.12. The summed E-state index contributed by atoms with van der Waals surface area (Å²) < 4.78 is 0. The SMILES string of the molecule is CC(CO)N(C)C(=O)[C@H]1C2C=CC(C2)[C@H]1C(=O)O. The van der Waals surface area contributed by atoms with E-state index in [0.717, 1.165) is 6.42 Å². The molecule has 2 aliphatic rings. The van der Waals surface area contributed by atoms with Crippen LogP contribution in [0.25, 0.3) is 0 Å².